The number of piperazine rings is 1. The molecule has 1 atom stereocenters. The summed E-state index contributed by atoms with van der Waals surface area (Å²) in [6.07, 6.45) is -0.486. The summed E-state index contributed by atoms with van der Waals surface area (Å²) >= 11 is 0. The van der Waals surface area contributed by atoms with Crippen molar-refractivity contribution in [1.29, 1.82) is 0 Å². The van der Waals surface area contributed by atoms with Crippen molar-refractivity contribution in [2.45, 2.75) is 13.0 Å². The number of carbonyl (C=O) groups is 1. The van der Waals surface area contributed by atoms with Gasteiger partial charge in [0, 0.05) is 26.2 Å². The van der Waals surface area contributed by atoms with Crippen LogP contribution in [0.1, 0.15) is 6.92 Å². The van der Waals surface area contributed by atoms with Crippen LogP contribution in [0.4, 0.5) is 5.69 Å². The molecule has 0 bridgehead atoms. The number of methoxy groups -OCH3 is 1. The Morgan fingerprint density at radius 3 is 2.28 bits per heavy atom. The molecular weight excluding hydrogens is 316 g/mol. The van der Waals surface area contributed by atoms with E-state index >= 15 is 0 Å². The van der Waals surface area contributed by atoms with E-state index in [-0.39, 0.29) is 5.91 Å². The topological polar surface area (TPSA) is 42.0 Å². The number of nitrogens with zero attached hydrogens (tertiary/aromatic N) is 2. The first kappa shape index (κ1) is 17.1. The third kappa shape index (κ3) is 4.05. The normalized spacial score (nSPS) is 15.6. The summed E-state index contributed by atoms with van der Waals surface area (Å²) < 4.78 is 11.2. The van der Waals surface area contributed by atoms with Crippen LogP contribution in [0.25, 0.3) is 0 Å². The maximum Gasteiger partial charge on any atom is 0.263 e. The summed E-state index contributed by atoms with van der Waals surface area (Å²) in [5, 5.41) is 0. The lowest BCUT2D eigenvalue weighted by Crippen LogP contribution is -2.52. The van der Waals surface area contributed by atoms with Crippen LogP contribution in [0.5, 0.6) is 11.5 Å². The number of carbonyl (C=O) groups excluding carboxylic acids is 1. The molecule has 132 valence electrons. The van der Waals surface area contributed by atoms with Gasteiger partial charge in [-0.15, -0.1) is 0 Å². The van der Waals surface area contributed by atoms with Crippen molar-refractivity contribution in [3.8, 4) is 11.5 Å². The fraction of sp³-hybridized carbons (Fsp3) is 0.350. The molecule has 5 nitrogen and oxygen atoms in total. The number of para-hydroxylation sites is 3. The van der Waals surface area contributed by atoms with Crippen LogP contribution in [-0.2, 0) is 4.79 Å². The van der Waals surface area contributed by atoms with Gasteiger partial charge in [0.2, 0.25) is 0 Å². The number of hydrogen-bond donors (Lipinski definition) is 0. The van der Waals surface area contributed by atoms with Crippen LogP contribution in [0, 0.1) is 0 Å². The Morgan fingerprint density at radius 1 is 0.960 bits per heavy atom. The van der Waals surface area contributed by atoms with E-state index < -0.39 is 6.10 Å². The highest BCUT2D eigenvalue weighted by Gasteiger charge is 2.26. The fourth-order valence-electron chi connectivity index (χ4n) is 3.07. The first-order chi connectivity index (χ1) is 12.2. The number of hydrogen-bond acceptors (Lipinski definition) is 4. The first-order valence-electron chi connectivity index (χ1n) is 8.57. The smallest absolute Gasteiger partial charge is 0.263 e. The molecule has 0 aromatic heterocycles. The Kier molecular flexibility index (Phi) is 5.43. The van der Waals surface area contributed by atoms with Gasteiger partial charge >= 0.3 is 0 Å². The van der Waals surface area contributed by atoms with Gasteiger partial charge in [0.05, 0.1) is 12.8 Å². The van der Waals surface area contributed by atoms with Crippen LogP contribution in [0.3, 0.4) is 0 Å². The Labute approximate surface area is 148 Å². The van der Waals surface area contributed by atoms with Gasteiger partial charge in [-0.25, -0.2) is 0 Å². The van der Waals surface area contributed by atoms with Crippen LogP contribution in [0.15, 0.2) is 54.6 Å². The van der Waals surface area contributed by atoms with Gasteiger partial charge < -0.3 is 19.3 Å². The molecule has 1 fully saturated rings. The number of benzene rings is 2. The molecule has 25 heavy (non-hydrogen) atoms. The zero-order valence-electron chi connectivity index (χ0n) is 14.7. The molecule has 0 N–H and O–H groups in total. The number of ether oxygens (including phenoxy) is 2. The van der Waals surface area contributed by atoms with E-state index in [0.717, 1.165) is 30.3 Å². The van der Waals surface area contributed by atoms with Crippen LogP contribution in [-0.4, -0.2) is 50.2 Å². The largest absolute Gasteiger partial charge is 0.495 e. The second-order valence-corrected chi connectivity index (χ2v) is 6.06. The number of anilines is 1. The predicted molar refractivity (Wildman–Crippen MR) is 98.3 cm³/mol. The van der Waals surface area contributed by atoms with Crippen LogP contribution in [0.2, 0.25) is 0 Å². The molecule has 1 saturated heterocycles. The van der Waals surface area contributed by atoms with Crippen molar-refractivity contribution >= 4 is 11.6 Å². The second kappa shape index (κ2) is 7.92. The van der Waals surface area contributed by atoms with E-state index in [1.807, 2.05) is 60.4 Å². The van der Waals surface area contributed by atoms with E-state index in [9.17, 15) is 4.79 Å². The monoisotopic (exact) mass is 340 g/mol. The summed E-state index contributed by atoms with van der Waals surface area (Å²) in [5.74, 6) is 1.61. The third-order valence-electron chi connectivity index (χ3n) is 4.42. The molecule has 1 heterocycles. The SMILES string of the molecule is COc1ccccc1N1CCN(C(=O)[C@@H](C)Oc2ccccc2)CC1. The lowest BCUT2D eigenvalue weighted by molar-refractivity contribution is -0.138. The van der Waals surface area contributed by atoms with Crippen LogP contribution >= 0.6 is 0 Å². The maximum atomic E-state index is 12.6. The first-order valence-corrected chi connectivity index (χ1v) is 8.57. The molecule has 3 rings (SSSR count). The standard InChI is InChI=1S/C20H24N2O3/c1-16(25-17-8-4-3-5-9-17)20(23)22-14-12-21(13-15-22)18-10-6-7-11-19(18)24-2/h3-11,16H,12-15H2,1-2H3/t16-/m1/s1. The third-order valence-corrected chi connectivity index (χ3v) is 4.42. The highest BCUT2D eigenvalue weighted by atomic mass is 16.5. The quantitative estimate of drug-likeness (QED) is 0.839. The maximum absolute atomic E-state index is 12.6. The van der Waals surface area contributed by atoms with Crippen molar-refractivity contribution in [1.82, 2.24) is 4.90 Å². The van der Waals surface area contributed by atoms with Crippen molar-refractivity contribution < 1.29 is 14.3 Å². The Balaban J connectivity index is 1.57. The minimum Gasteiger partial charge on any atom is -0.495 e. The van der Waals surface area contributed by atoms with E-state index in [1.165, 1.54) is 0 Å². The molecule has 2 aromatic carbocycles. The highest BCUT2D eigenvalue weighted by molar-refractivity contribution is 5.81. The lowest BCUT2D eigenvalue weighted by atomic mass is 10.2. The van der Waals surface area contributed by atoms with Crippen LogP contribution < -0.4 is 14.4 Å². The zero-order valence-corrected chi connectivity index (χ0v) is 14.7. The summed E-state index contributed by atoms with van der Waals surface area (Å²) in [4.78, 5) is 16.8. The van der Waals surface area contributed by atoms with Gasteiger partial charge in [0.15, 0.2) is 6.10 Å². The summed E-state index contributed by atoms with van der Waals surface area (Å²) in [6.45, 7) is 4.73. The predicted octanol–water partition coefficient (Wildman–Crippen LogP) is 2.81. The molecule has 1 amide bonds. The molecule has 2 aromatic rings. The van der Waals surface area contributed by atoms with E-state index in [1.54, 1.807) is 7.11 Å². The summed E-state index contributed by atoms with van der Waals surface area (Å²) in [6, 6.07) is 17.4. The van der Waals surface area contributed by atoms with E-state index in [0.29, 0.717) is 13.1 Å². The summed E-state index contributed by atoms with van der Waals surface area (Å²) in [7, 11) is 1.68. The van der Waals surface area contributed by atoms with Gasteiger partial charge in [0.1, 0.15) is 11.5 Å². The van der Waals surface area contributed by atoms with Crippen molar-refractivity contribution in [3.63, 3.8) is 0 Å². The Morgan fingerprint density at radius 2 is 1.60 bits per heavy atom. The minimum atomic E-state index is -0.486. The van der Waals surface area contributed by atoms with Crippen molar-refractivity contribution in [2.75, 3.05) is 38.2 Å². The molecule has 5 heteroatoms. The van der Waals surface area contributed by atoms with E-state index in [4.69, 9.17) is 9.47 Å². The molecule has 1 aliphatic heterocycles. The van der Waals surface area contributed by atoms with Crippen molar-refractivity contribution in [2.24, 2.45) is 0 Å². The fourth-order valence-corrected chi connectivity index (χ4v) is 3.07. The molecule has 0 radical (unpaired) electrons. The summed E-state index contributed by atoms with van der Waals surface area (Å²) in [5.41, 5.74) is 1.07. The van der Waals surface area contributed by atoms with Gasteiger partial charge in [-0.05, 0) is 31.2 Å². The highest BCUT2D eigenvalue weighted by Crippen LogP contribution is 2.28. The molecular formula is C20H24N2O3. The van der Waals surface area contributed by atoms with Gasteiger partial charge in [-0.3, -0.25) is 4.79 Å². The minimum absolute atomic E-state index is 0.0310. The molecule has 1 aliphatic rings. The Bertz CT molecular complexity index is 697. The van der Waals surface area contributed by atoms with Crippen molar-refractivity contribution in [3.05, 3.63) is 54.6 Å². The average molecular weight is 340 g/mol. The lowest BCUT2D eigenvalue weighted by Gasteiger charge is -2.37. The number of amides is 1. The molecule has 0 spiro atoms. The van der Waals surface area contributed by atoms with Gasteiger partial charge in [-0.2, -0.15) is 0 Å². The average Bonchev–Trinajstić information content (AvgIpc) is 2.68. The Hall–Kier alpha value is -2.69. The molecule has 0 saturated carbocycles. The van der Waals surface area contributed by atoms with Gasteiger partial charge in [0.25, 0.3) is 5.91 Å². The zero-order chi connectivity index (χ0) is 17.6. The number of rotatable bonds is 5. The van der Waals surface area contributed by atoms with Gasteiger partial charge in [-0.1, -0.05) is 30.3 Å². The second-order valence-electron chi connectivity index (χ2n) is 6.06. The molecule has 0 aliphatic carbocycles. The molecule has 0 unspecified atom stereocenters. The van der Waals surface area contributed by atoms with E-state index in [2.05, 4.69) is 11.0 Å².